The van der Waals surface area contributed by atoms with Crippen molar-refractivity contribution in [3.05, 3.63) is 59.9 Å². The van der Waals surface area contributed by atoms with E-state index in [1.807, 2.05) is 0 Å². The van der Waals surface area contributed by atoms with Gasteiger partial charge in [-0.1, -0.05) is 24.3 Å². The second-order valence-electron chi connectivity index (χ2n) is 7.63. The van der Waals surface area contributed by atoms with Crippen LogP contribution in [0.4, 0.5) is 20.6 Å². The van der Waals surface area contributed by atoms with Crippen LogP contribution in [0.5, 0.6) is 0 Å². The average molecular weight is 415 g/mol. The molecule has 0 unspecified atom stereocenters. The zero-order valence-electron chi connectivity index (χ0n) is 17.3. The molecule has 0 fully saturated rings. The van der Waals surface area contributed by atoms with Crippen molar-refractivity contribution in [2.75, 3.05) is 17.2 Å². The van der Waals surface area contributed by atoms with Gasteiger partial charge in [0.15, 0.2) is 0 Å². The van der Waals surface area contributed by atoms with Crippen molar-refractivity contribution < 1.29 is 23.5 Å². The number of para-hydroxylation sites is 2. The number of benzene rings is 2. The summed E-state index contributed by atoms with van der Waals surface area (Å²) in [6.07, 6.45) is -0.152. The highest BCUT2D eigenvalue weighted by molar-refractivity contribution is 6.00. The maximum Gasteiger partial charge on any atom is 0.408 e. The zero-order valence-corrected chi connectivity index (χ0v) is 17.3. The summed E-state index contributed by atoms with van der Waals surface area (Å²) in [5, 5.41) is 7.75. The summed E-state index contributed by atoms with van der Waals surface area (Å²) in [6.45, 7) is 4.89. The monoisotopic (exact) mass is 415 g/mol. The van der Waals surface area contributed by atoms with E-state index >= 15 is 0 Å². The van der Waals surface area contributed by atoms with Gasteiger partial charge in [0.05, 0.1) is 11.4 Å². The second kappa shape index (κ2) is 10.4. The number of aryl methyl sites for hydroxylation is 1. The van der Waals surface area contributed by atoms with Gasteiger partial charge in [0.1, 0.15) is 18.0 Å². The number of nitrogens with one attached hydrogen (secondary N) is 3. The Morgan fingerprint density at radius 3 is 2.17 bits per heavy atom. The summed E-state index contributed by atoms with van der Waals surface area (Å²) >= 11 is 0. The summed E-state index contributed by atoms with van der Waals surface area (Å²) < 4.78 is 18.3. The highest BCUT2D eigenvalue weighted by Crippen LogP contribution is 2.21. The fourth-order valence-corrected chi connectivity index (χ4v) is 2.53. The maximum absolute atomic E-state index is 13.2. The van der Waals surface area contributed by atoms with Crippen LogP contribution < -0.4 is 16.0 Å². The SMILES string of the molecule is CC(C)(C)OC(=O)NCC(=O)Nc1ccccc1NC(=O)CCc1cccc(F)c1. The maximum atomic E-state index is 13.2. The van der Waals surface area contributed by atoms with Crippen molar-refractivity contribution in [2.24, 2.45) is 0 Å². The molecule has 160 valence electrons. The van der Waals surface area contributed by atoms with Crippen LogP contribution in [0, 0.1) is 5.82 Å². The number of carbonyl (C=O) groups excluding carboxylic acids is 3. The Hall–Kier alpha value is -3.42. The molecule has 0 aliphatic carbocycles. The third-order valence-corrected chi connectivity index (χ3v) is 3.80. The fourth-order valence-electron chi connectivity index (χ4n) is 2.53. The van der Waals surface area contributed by atoms with E-state index in [-0.39, 0.29) is 24.7 Å². The Kier molecular flexibility index (Phi) is 7.91. The summed E-state index contributed by atoms with van der Waals surface area (Å²) in [4.78, 5) is 36.0. The van der Waals surface area contributed by atoms with Gasteiger partial charge in [-0.15, -0.1) is 0 Å². The Morgan fingerprint density at radius 1 is 0.933 bits per heavy atom. The average Bonchev–Trinajstić information content (AvgIpc) is 2.65. The number of amides is 3. The number of rotatable bonds is 7. The molecule has 0 aliphatic rings. The molecule has 0 saturated carbocycles. The van der Waals surface area contributed by atoms with Gasteiger partial charge in [-0.3, -0.25) is 9.59 Å². The lowest BCUT2D eigenvalue weighted by molar-refractivity contribution is -0.116. The van der Waals surface area contributed by atoms with Gasteiger partial charge in [0, 0.05) is 6.42 Å². The van der Waals surface area contributed by atoms with Crippen LogP contribution in [0.3, 0.4) is 0 Å². The summed E-state index contributed by atoms with van der Waals surface area (Å²) in [7, 11) is 0. The van der Waals surface area contributed by atoms with Crippen molar-refractivity contribution >= 4 is 29.3 Å². The van der Waals surface area contributed by atoms with Gasteiger partial charge < -0.3 is 20.7 Å². The second-order valence-corrected chi connectivity index (χ2v) is 7.63. The predicted molar refractivity (Wildman–Crippen MR) is 113 cm³/mol. The molecule has 0 heterocycles. The van der Waals surface area contributed by atoms with E-state index in [0.717, 1.165) is 5.56 Å². The van der Waals surface area contributed by atoms with Gasteiger partial charge >= 0.3 is 6.09 Å². The van der Waals surface area contributed by atoms with Crippen LogP contribution in [0.1, 0.15) is 32.8 Å². The van der Waals surface area contributed by atoms with Crippen molar-refractivity contribution in [3.63, 3.8) is 0 Å². The molecule has 7 nitrogen and oxygen atoms in total. The lowest BCUT2D eigenvalue weighted by Crippen LogP contribution is -2.37. The molecule has 2 aromatic rings. The van der Waals surface area contributed by atoms with E-state index in [4.69, 9.17) is 4.74 Å². The molecule has 0 bridgehead atoms. The van der Waals surface area contributed by atoms with Gasteiger partial charge in [-0.25, -0.2) is 9.18 Å². The first-order valence-corrected chi connectivity index (χ1v) is 9.52. The Morgan fingerprint density at radius 2 is 1.57 bits per heavy atom. The first-order chi connectivity index (χ1) is 14.1. The number of hydrogen-bond acceptors (Lipinski definition) is 4. The molecule has 2 aromatic carbocycles. The molecule has 0 aliphatic heterocycles. The molecule has 0 radical (unpaired) electrons. The number of halogens is 1. The first kappa shape index (κ1) is 22.9. The minimum Gasteiger partial charge on any atom is -0.444 e. The fraction of sp³-hybridized carbons (Fsp3) is 0.318. The van der Waals surface area contributed by atoms with Gasteiger partial charge in [0.2, 0.25) is 11.8 Å². The van der Waals surface area contributed by atoms with E-state index < -0.39 is 17.6 Å². The largest absolute Gasteiger partial charge is 0.444 e. The lowest BCUT2D eigenvalue weighted by Gasteiger charge is -2.19. The Bertz CT molecular complexity index is 909. The zero-order chi connectivity index (χ0) is 22.1. The predicted octanol–water partition coefficient (Wildman–Crippen LogP) is 3.86. The van der Waals surface area contributed by atoms with Crippen LogP contribution in [0.25, 0.3) is 0 Å². The molecule has 30 heavy (non-hydrogen) atoms. The standard InChI is InChI=1S/C22H26FN3O4/c1-22(2,3)30-21(29)24-14-20(28)26-18-10-5-4-9-17(18)25-19(27)12-11-15-7-6-8-16(23)13-15/h4-10,13H,11-12,14H2,1-3H3,(H,24,29)(H,25,27)(H,26,28). The summed E-state index contributed by atoms with van der Waals surface area (Å²) in [5.74, 6) is -1.09. The van der Waals surface area contributed by atoms with Gasteiger partial charge in [-0.2, -0.15) is 0 Å². The highest BCUT2D eigenvalue weighted by atomic mass is 19.1. The first-order valence-electron chi connectivity index (χ1n) is 9.52. The van der Waals surface area contributed by atoms with Gasteiger partial charge in [-0.05, 0) is 57.0 Å². The van der Waals surface area contributed by atoms with Crippen molar-refractivity contribution in [1.82, 2.24) is 5.32 Å². The molecule has 2 rings (SSSR count). The minimum atomic E-state index is -0.698. The van der Waals surface area contributed by atoms with E-state index in [1.54, 1.807) is 57.2 Å². The van der Waals surface area contributed by atoms with E-state index in [1.165, 1.54) is 12.1 Å². The molecule has 0 atom stereocenters. The third kappa shape index (κ3) is 8.30. The van der Waals surface area contributed by atoms with Gasteiger partial charge in [0.25, 0.3) is 0 Å². The smallest absolute Gasteiger partial charge is 0.408 e. The summed E-state index contributed by atoms with van der Waals surface area (Å²) in [6, 6.07) is 12.8. The number of ether oxygens (including phenoxy) is 1. The van der Waals surface area contributed by atoms with Crippen LogP contribution in [-0.4, -0.2) is 30.1 Å². The normalized spacial score (nSPS) is 10.8. The molecule has 3 amide bonds. The number of hydrogen-bond donors (Lipinski definition) is 3. The van der Waals surface area contributed by atoms with Crippen LogP contribution in [0.2, 0.25) is 0 Å². The van der Waals surface area contributed by atoms with E-state index in [0.29, 0.717) is 17.8 Å². The molecule has 0 saturated heterocycles. The van der Waals surface area contributed by atoms with E-state index in [9.17, 15) is 18.8 Å². The third-order valence-electron chi connectivity index (χ3n) is 3.80. The van der Waals surface area contributed by atoms with Crippen molar-refractivity contribution in [3.8, 4) is 0 Å². The molecular formula is C22H26FN3O4. The Labute approximate surface area is 175 Å². The van der Waals surface area contributed by atoms with E-state index in [2.05, 4.69) is 16.0 Å². The van der Waals surface area contributed by atoms with Crippen molar-refractivity contribution in [1.29, 1.82) is 0 Å². The Balaban J connectivity index is 1.88. The quantitative estimate of drug-likeness (QED) is 0.640. The van der Waals surface area contributed by atoms with Crippen LogP contribution >= 0.6 is 0 Å². The molecule has 8 heteroatoms. The minimum absolute atomic E-state index is 0.159. The van der Waals surface area contributed by atoms with Crippen molar-refractivity contribution in [2.45, 2.75) is 39.2 Å². The van der Waals surface area contributed by atoms with Crippen LogP contribution in [-0.2, 0) is 20.7 Å². The molecular weight excluding hydrogens is 389 g/mol. The highest BCUT2D eigenvalue weighted by Gasteiger charge is 2.17. The molecule has 0 aromatic heterocycles. The number of carbonyl (C=O) groups is 3. The topological polar surface area (TPSA) is 96.5 Å². The summed E-state index contributed by atoms with van der Waals surface area (Å²) in [5.41, 5.74) is 0.878. The molecule has 0 spiro atoms. The number of anilines is 2. The number of alkyl carbamates (subject to hydrolysis) is 1. The molecule has 3 N–H and O–H groups in total. The lowest BCUT2D eigenvalue weighted by atomic mass is 10.1. The van der Waals surface area contributed by atoms with Crippen LogP contribution in [0.15, 0.2) is 48.5 Å².